The largest absolute Gasteiger partial charge is 0.378 e. The SMILES string of the molecule is CN(C)C(=O)c1ccc(NCC(=O)N2CCOCC2)cc1. The average Bonchev–Trinajstić information content (AvgIpc) is 2.53. The maximum atomic E-state index is 12.0. The average molecular weight is 291 g/mol. The number of hydrogen-bond acceptors (Lipinski definition) is 4. The van der Waals surface area contributed by atoms with Gasteiger partial charge in [0.05, 0.1) is 19.8 Å². The van der Waals surface area contributed by atoms with Crippen molar-refractivity contribution in [2.24, 2.45) is 0 Å². The molecule has 2 amide bonds. The van der Waals surface area contributed by atoms with Gasteiger partial charge in [0, 0.05) is 38.4 Å². The second-order valence-corrected chi connectivity index (χ2v) is 5.12. The number of carbonyl (C=O) groups excluding carboxylic acids is 2. The molecule has 2 rings (SSSR count). The van der Waals surface area contributed by atoms with E-state index >= 15 is 0 Å². The Morgan fingerprint density at radius 2 is 1.81 bits per heavy atom. The van der Waals surface area contributed by atoms with Gasteiger partial charge in [0.1, 0.15) is 0 Å². The van der Waals surface area contributed by atoms with Gasteiger partial charge in [-0.15, -0.1) is 0 Å². The molecule has 1 aromatic rings. The van der Waals surface area contributed by atoms with Gasteiger partial charge >= 0.3 is 0 Å². The van der Waals surface area contributed by atoms with E-state index in [0.717, 1.165) is 5.69 Å². The summed E-state index contributed by atoms with van der Waals surface area (Å²) in [7, 11) is 3.44. The lowest BCUT2D eigenvalue weighted by atomic mass is 10.2. The summed E-state index contributed by atoms with van der Waals surface area (Å²) in [6, 6.07) is 7.13. The molecule has 1 saturated heterocycles. The van der Waals surface area contributed by atoms with Gasteiger partial charge in [0.2, 0.25) is 5.91 Å². The van der Waals surface area contributed by atoms with Crippen LogP contribution >= 0.6 is 0 Å². The highest BCUT2D eigenvalue weighted by Gasteiger charge is 2.16. The summed E-state index contributed by atoms with van der Waals surface area (Å²) < 4.78 is 5.22. The molecule has 1 aromatic carbocycles. The molecule has 1 heterocycles. The van der Waals surface area contributed by atoms with Gasteiger partial charge < -0.3 is 19.9 Å². The van der Waals surface area contributed by atoms with Crippen molar-refractivity contribution in [1.82, 2.24) is 9.80 Å². The summed E-state index contributed by atoms with van der Waals surface area (Å²) in [6.07, 6.45) is 0. The van der Waals surface area contributed by atoms with Crippen LogP contribution in [-0.2, 0) is 9.53 Å². The van der Waals surface area contributed by atoms with Crippen molar-refractivity contribution in [3.63, 3.8) is 0 Å². The minimum absolute atomic E-state index is 0.0362. The zero-order valence-electron chi connectivity index (χ0n) is 12.5. The molecule has 0 bridgehead atoms. The second kappa shape index (κ2) is 7.08. The number of rotatable bonds is 4. The number of anilines is 1. The van der Waals surface area contributed by atoms with Crippen molar-refractivity contribution in [2.45, 2.75) is 0 Å². The maximum Gasteiger partial charge on any atom is 0.253 e. The first-order chi connectivity index (χ1) is 10.1. The van der Waals surface area contributed by atoms with Crippen molar-refractivity contribution in [2.75, 3.05) is 52.3 Å². The van der Waals surface area contributed by atoms with E-state index in [1.54, 1.807) is 31.1 Å². The van der Waals surface area contributed by atoms with E-state index in [9.17, 15) is 9.59 Å². The van der Waals surface area contributed by atoms with Crippen molar-refractivity contribution >= 4 is 17.5 Å². The molecule has 0 saturated carbocycles. The lowest BCUT2D eigenvalue weighted by Gasteiger charge is -2.27. The van der Waals surface area contributed by atoms with Gasteiger partial charge in [-0.25, -0.2) is 0 Å². The smallest absolute Gasteiger partial charge is 0.253 e. The number of ether oxygens (including phenoxy) is 1. The summed E-state index contributed by atoms with van der Waals surface area (Å²) >= 11 is 0. The number of hydrogen-bond donors (Lipinski definition) is 1. The lowest BCUT2D eigenvalue weighted by Crippen LogP contribution is -2.43. The van der Waals surface area contributed by atoms with Gasteiger partial charge in [-0.1, -0.05) is 0 Å². The van der Waals surface area contributed by atoms with Gasteiger partial charge in [0.25, 0.3) is 5.91 Å². The number of nitrogens with zero attached hydrogens (tertiary/aromatic N) is 2. The van der Waals surface area contributed by atoms with Crippen LogP contribution in [0.5, 0.6) is 0 Å². The molecule has 6 nitrogen and oxygen atoms in total. The lowest BCUT2D eigenvalue weighted by molar-refractivity contribution is -0.133. The number of benzene rings is 1. The fourth-order valence-corrected chi connectivity index (χ4v) is 2.09. The Balaban J connectivity index is 1.86. The van der Waals surface area contributed by atoms with Crippen LogP contribution in [0.1, 0.15) is 10.4 Å². The highest BCUT2D eigenvalue weighted by Crippen LogP contribution is 2.11. The van der Waals surface area contributed by atoms with Crippen LogP contribution in [0.2, 0.25) is 0 Å². The molecule has 0 aliphatic carbocycles. The molecular weight excluding hydrogens is 270 g/mol. The monoisotopic (exact) mass is 291 g/mol. The van der Waals surface area contributed by atoms with Crippen molar-refractivity contribution in [3.05, 3.63) is 29.8 Å². The zero-order valence-corrected chi connectivity index (χ0v) is 12.5. The van der Waals surface area contributed by atoms with E-state index in [0.29, 0.717) is 31.9 Å². The normalized spacial score (nSPS) is 14.7. The summed E-state index contributed by atoms with van der Waals surface area (Å²) in [5.41, 5.74) is 1.46. The standard InChI is InChI=1S/C15H21N3O3/c1-17(2)15(20)12-3-5-13(6-4-12)16-11-14(19)18-7-9-21-10-8-18/h3-6,16H,7-11H2,1-2H3. The first-order valence-corrected chi connectivity index (χ1v) is 6.99. The first kappa shape index (κ1) is 15.3. The third-order valence-corrected chi connectivity index (χ3v) is 3.35. The minimum Gasteiger partial charge on any atom is -0.378 e. The number of carbonyl (C=O) groups is 2. The molecule has 0 atom stereocenters. The molecule has 114 valence electrons. The van der Waals surface area contributed by atoms with Gasteiger partial charge in [0.15, 0.2) is 0 Å². The second-order valence-electron chi connectivity index (χ2n) is 5.12. The molecule has 6 heteroatoms. The Bertz CT molecular complexity index is 493. The van der Waals surface area contributed by atoms with Crippen LogP contribution in [0.3, 0.4) is 0 Å². The van der Waals surface area contributed by atoms with Crippen LogP contribution in [0.15, 0.2) is 24.3 Å². The van der Waals surface area contributed by atoms with Crippen LogP contribution in [0.25, 0.3) is 0 Å². The summed E-state index contributed by atoms with van der Waals surface area (Å²) in [6.45, 7) is 2.76. The third-order valence-electron chi connectivity index (χ3n) is 3.35. The molecule has 1 aliphatic rings. The predicted molar refractivity (Wildman–Crippen MR) is 80.3 cm³/mol. The summed E-state index contributed by atoms with van der Waals surface area (Å²) in [4.78, 5) is 27.1. The van der Waals surface area contributed by atoms with E-state index in [1.165, 1.54) is 4.90 Å². The zero-order chi connectivity index (χ0) is 15.2. The Labute approximate surface area is 124 Å². The molecule has 1 fully saturated rings. The highest BCUT2D eigenvalue weighted by molar-refractivity contribution is 5.94. The molecule has 1 N–H and O–H groups in total. The maximum absolute atomic E-state index is 12.0. The number of nitrogens with one attached hydrogen (secondary N) is 1. The van der Waals surface area contributed by atoms with Crippen molar-refractivity contribution < 1.29 is 14.3 Å². The van der Waals surface area contributed by atoms with Crippen molar-refractivity contribution in [1.29, 1.82) is 0 Å². The Hall–Kier alpha value is -2.08. The molecule has 0 unspecified atom stereocenters. The fourth-order valence-electron chi connectivity index (χ4n) is 2.09. The minimum atomic E-state index is -0.0362. The van der Waals surface area contributed by atoms with E-state index in [4.69, 9.17) is 4.74 Å². The molecule has 0 radical (unpaired) electrons. The van der Waals surface area contributed by atoms with Crippen LogP contribution < -0.4 is 5.32 Å². The Kier molecular flexibility index (Phi) is 5.16. The third kappa shape index (κ3) is 4.19. The summed E-state index contributed by atoms with van der Waals surface area (Å²) in [5.74, 6) is 0.0256. The van der Waals surface area contributed by atoms with Crippen LogP contribution in [0.4, 0.5) is 5.69 Å². The van der Waals surface area contributed by atoms with E-state index in [2.05, 4.69) is 5.32 Å². The number of morpholine rings is 1. The Morgan fingerprint density at radius 3 is 2.38 bits per heavy atom. The number of amides is 2. The molecule has 0 spiro atoms. The quantitative estimate of drug-likeness (QED) is 0.885. The topological polar surface area (TPSA) is 61.9 Å². The van der Waals surface area contributed by atoms with Gasteiger partial charge in [-0.05, 0) is 24.3 Å². The molecule has 1 aliphatic heterocycles. The summed E-state index contributed by atoms with van der Waals surface area (Å²) in [5, 5.41) is 3.08. The van der Waals surface area contributed by atoms with Crippen molar-refractivity contribution in [3.8, 4) is 0 Å². The predicted octanol–water partition coefficient (Wildman–Crippen LogP) is 0.659. The fraction of sp³-hybridized carbons (Fsp3) is 0.467. The van der Waals surface area contributed by atoms with Gasteiger partial charge in [-0.3, -0.25) is 9.59 Å². The Morgan fingerprint density at radius 1 is 1.19 bits per heavy atom. The molecular formula is C15H21N3O3. The first-order valence-electron chi connectivity index (χ1n) is 6.99. The van der Waals surface area contributed by atoms with E-state index in [-0.39, 0.29) is 18.4 Å². The van der Waals surface area contributed by atoms with Crippen LogP contribution in [0, 0.1) is 0 Å². The van der Waals surface area contributed by atoms with E-state index in [1.807, 2.05) is 12.1 Å². The molecule has 21 heavy (non-hydrogen) atoms. The van der Waals surface area contributed by atoms with Gasteiger partial charge in [-0.2, -0.15) is 0 Å². The van der Waals surface area contributed by atoms with Crippen LogP contribution in [-0.4, -0.2) is 68.6 Å². The molecule has 0 aromatic heterocycles. The van der Waals surface area contributed by atoms with E-state index < -0.39 is 0 Å². The highest BCUT2D eigenvalue weighted by atomic mass is 16.5.